The van der Waals surface area contributed by atoms with E-state index >= 15 is 0 Å². The molecule has 0 aliphatic carbocycles. The lowest BCUT2D eigenvalue weighted by Gasteiger charge is -2.14. The van der Waals surface area contributed by atoms with Crippen molar-refractivity contribution in [1.82, 2.24) is 0 Å². The van der Waals surface area contributed by atoms with Gasteiger partial charge in [-0.15, -0.1) is 0 Å². The van der Waals surface area contributed by atoms with E-state index in [-0.39, 0.29) is 30.9 Å². The maximum atomic E-state index is 12.9. The van der Waals surface area contributed by atoms with Crippen LogP contribution in [0.5, 0.6) is 11.5 Å². The van der Waals surface area contributed by atoms with E-state index in [4.69, 9.17) is 15.0 Å². The number of carbonyl (C=O) groups excluding carboxylic acids is 1. The minimum absolute atomic E-state index is 0.0453. The van der Waals surface area contributed by atoms with E-state index in [0.717, 1.165) is 12.1 Å². The molecule has 2 aromatic rings. The highest BCUT2D eigenvalue weighted by Gasteiger charge is 2.31. The first kappa shape index (κ1) is 20.1. The van der Waals surface area contributed by atoms with Crippen molar-refractivity contribution in [3.05, 3.63) is 69.6 Å². The molecule has 0 aliphatic heterocycles. The summed E-state index contributed by atoms with van der Waals surface area (Å²) in [7, 11) is 0. The molecule has 0 N–H and O–H groups in total. The van der Waals surface area contributed by atoms with Crippen molar-refractivity contribution < 1.29 is 27.4 Å². The molecule has 27 heavy (non-hydrogen) atoms. The molecule has 0 bridgehead atoms. The van der Waals surface area contributed by atoms with Crippen LogP contribution in [0.25, 0.3) is 10.4 Å². The van der Waals surface area contributed by atoms with E-state index in [2.05, 4.69) is 10.0 Å². The zero-order valence-corrected chi connectivity index (χ0v) is 14.4. The third-order valence-electron chi connectivity index (χ3n) is 3.47. The number of hydrogen-bond donors (Lipinski definition) is 0. The summed E-state index contributed by atoms with van der Waals surface area (Å²) in [5, 5.41) is 3.32. The second-order valence-corrected chi connectivity index (χ2v) is 5.44. The van der Waals surface area contributed by atoms with Crippen LogP contribution in [-0.2, 0) is 28.7 Å². The summed E-state index contributed by atoms with van der Waals surface area (Å²) < 4.78 is 49.2. The summed E-state index contributed by atoms with van der Waals surface area (Å²) >= 11 is 0. The van der Waals surface area contributed by atoms with E-state index in [1.54, 1.807) is 31.2 Å². The first-order valence-electron chi connectivity index (χ1n) is 7.97. The molecule has 6 nitrogen and oxygen atoms in total. The Labute approximate surface area is 153 Å². The molecule has 0 heterocycles. The minimum atomic E-state index is -4.52. The Hall–Kier alpha value is -3.19. The molecule has 0 amide bonds. The predicted octanol–water partition coefficient (Wildman–Crippen LogP) is 5.41. The topological polar surface area (TPSA) is 84.3 Å². The minimum Gasteiger partial charge on any atom is -0.466 e. The Morgan fingerprint density at radius 1 is 1.22 bits per heavy atom. The highest BCUT2D eigenvalue weighted by molar-refractivity contribution is 5.72. The van der Waals surface area contributed by atoms with Crippen molar-refractivity contribution >= 4 is 5.97 Å². The summed E-state index contributed by atoms with van der Waals surface area (Å²) in [4.78, 5) is 14.1. The van der Waals surface area contributed by atoms with Gasteiger partial charge >= 0.3 is 12.1 Å². The first-order chi connectivity index (χ1) is 12.8. The van der Waals surface area contributed by atoms with E-state index in [9.17, 15) is 18.0 Å². The zero-order chi connectivity index (χ0) is 19.9. The van der Waals surface area contributed by atoms with Gasteiger partial charge < -0.3 is 9.47 Å². The molecular weight excluding hydrogens is 363 g/mol. The zero-order valence-electron chi connectivity index (χ0n) is 14.4. The number of azide groups is 1. The predicted molar refractivity (Wildman–Crippen MR) is 91.1 cm³/mol. The van der Waals surface area contributed by atoms with E-state index in [1.807, 2.05) is 0 Å². The van der Waals surface area contributed by atoms with Gasteiger partial charge in [-0.2, -0.15) is 13.2 Å². The summed E-state index contributed by atoms with van der Waals surface area (Å²) in [6.45, 7) is 1.68. The molecule has 0 fully saturated rings. The number of rotatable bonds is 7. The van der Waals surface area contributed by atoms with Crippen molar-refractivity contribution in [2.45, 2.75) is 26.1 Å². The summed E-state index contributed by atoms with van der Waals surface area (Å²) in [5.74, 6) is 0.0654. The lowest BCUT2D eigenvalue weighted by molar-refractivity contribution is -0.142. The fourth-order valence-electron chi connectivity index (χ4n) is 2.31. The Kier molecular flexibility index (Phi) is 6.67. The highest BCUT2D eigenvalue weighted by atomic mass is 19.4. The van der Waals surface area contributed by atoms with Gasteiger partial charge in [0.05, 0.1) is 25.1 Å². The lowest BCUT2D eigenvalue weighted by atomic mass is 10.1. The number of ether oxygens (including phenoxy) is 2. The number of hydrogen-bond acceptors (Lipinski definition) is 4. The Morgan fingerprint density at radius 3 is 2.67 bits per heavy atom. The standard InChI is InChI=1S/C18H16F3N3O3/c1-2-26-17(25)9-12-4-3-5-15(8-12)27-16-7-6-14(18(19,20)21)10-13(16)11-23-24-22/h3-8,10H,2,9,11H2,1H3. The molecule has 0 atom stereocenters. The smallest absolute Gasteiger partial charge is 0.416 e. The summed E-state index contributed by atoms with van der Waals surface area (Å²) in [6.07, 6.45) is -4.48. The summed E-state index contributed by atoms with van der Waals surface area (Å²) in [5.41, 5.74) is 8.32. The second kappa shape index (κ2) is 8.95. The van der Waals surface area contributed by atoms with Crippen LogP contribution in [0.1, 0.15) is 23.6 Å². The van der Waals surface area contributed by atoms with Crippen LogP contribution in [-0.4, -0.2) is 12.6 Å². The number of halogens is 3. The molecule has 2 aromatic carbocycles. The van der Waals surface area contributed by atoms with Gasteiger partial charge in [-0.3, -0.25) is 4.79 Å². The highest BCUT2D eigenvalue weighted by Crippen LogP contribution is 2.34. The van der Waals surface area contributed by atoms with Crippen LogP contribution in [0.2, 0.25) is 0 Å². The molecular formula is C18H16F3N3O3. The maximum absolute atomic E-state index is 12.9. The van der Waals surface area contributed by atoms with Crippen molar-refractivity contribution in [2.24, 2.45) is 5.11 Å². The third-order valence-corrected chi connectivity index (χ3v) is 3.47. The fourth-order valence-corrected chi connectivity index (χ4v) is 2.31. The molecule has 2 rings (SSSR count). The van der Waals surface area contributed by atoms with Gasteiger partial charge in [0.15, 0.2) is 0 Å². The quantitative estimate of drug-likeness (QED) is 0.279. The molecule has 0 aliphatic rings. The molecule has 0 saturated heterocycles. The SMILES string of the molecule is CCOC(=O)Cc1cccc(Oc2ccc(C(F)(F)F)cc2CN=[N+]=[N-])c1. The fraction of sp³-hybridized carbons (Fsp3) is 0.278. The second-order valence-electron chi connectivity index (χ2n) is 5.44. The van der Waals surface area contributed by atoms with Crippen LogP contribution in [0.3, 0.4) is 0 Å². The number of benzene rings is 2. The van der Waals surface area contributed by atoms with Gasteiger partial charge in [0.2, 0.25) is 0 Å². The van der Waals surface area contributed by atoms with Gasteiger partial charge in [-0.25, -0.2) is 0 Å². The number of esters is 1. The number of alkyl halides is 3. The average molecular weight is 379 g/mol. The first-order valence-corrected chi connectivity index (χ1v) is 7.97. The number of carbonyl (C=O) groups is 1. The maximum Gasteiger partial charge on any atom is 0.416 e. The van der Waals surface area contributed by atoms with Crippen LogP contribution in [0, 0.1) is 0 Å². The van der Waals surface area contributed by atoms with Crippen LogP contribution in [0.4, 0.5) is 13.2 Å². The van der Waals surface area contributed by atoms with Gasteiger partial charge in [-0.1, -0.05) is 17.2 Å². The molecule has 0 unspecified atom stereocenters. The monoisotopic (exact) mass is 379 g/mol. The normalized spacial score (nSPS) is 10.8. The summed E-state index contributed by atoms with van der Waals surface area (Å²) in [6, 6.07) is 9.49. The molecule has 142 valence electrons. The van der Waals surface area contributed by atoms with Crippen molar-refractivity contribution in [1.29, 1.82) is 0 Å². The molecule has 0 saturated carbocycles. The Morgan fingerprint density at radius 2 is 2.00 bits per heavy atom. The molecule has 9 heteroatoms. The van der Waals surface area contributed by atoms with Gasteiger partial charge in [0.1, 0.15) is 11.5 Å². The third kappa shape index (κ3) is 5.93. The largest absolute Gasteiger partial charge is 0.466 e. The van der Waals surface area contributed by atoms with Crippen molar-refractivity contribution in [3.63, 3.8) is 0 Å². The van der Waals surface area contributed by atoms with Gasteiger partial charge in [0.25, 0.3) is 0 Å². The van der Waals surface area contributed by atoms with Gasteiger partial charge in [0, 0.05) is 10.5 Å². The van der Waals surface area contributed by atoms with Crippen LogP contribution in [0.15, 0.2) is 47.6 Å². The average Bonchev–Trinajstić information content (AvgIpc) is 2.60. The van der Waals surface area contributed by atoms with Crippen molar-refractivity contribution in [3.8, 4) is 11.5 Å². The number of nitrogens with zero attached hydrogens (tertiary/aromatic N) is 3. The molecule has 0 spiro atoms. The van der Waals surface area contributed by atoms with E-state index < -0.39 is 17.7 Å². The van der Waals surface area contributed by atoms with Crippen LogP contribution >= 0.6 is 0 Å². The molecule has 0 aromatic heterocycles. The van der Waals surface area contributed by atoms with Crippen molar-refractivity contribution in [2.75, 3.05) is 6.61 Å². The molecule has 0 radical (unpaired) electrons. The van der Waals surface area contributed by atoms with E-state index in [0.29, 0.717) is 11.3 Å². The Balaban J connectivity index is 2.28. The van der Waals surface area contributed by atoms with E-state index in [1.165, 1.54) is 6.07 Å². The van der Waals surface area contributed by atoms with Gasteiger partial charge in [-0.05, 0) is 48.4 Å². The lowest BCUT2D eigenvalue weighted by Crippen LogP contribution is -2.07. The Bertz CT molecular complexity index is 862. The van der Waals surface area contributed by atoms with Crippen LogP contribution < -0.4 is 4.74 Å².